The predicted molar refractivity (Wildman–Crippen MR) is 92.0 cm³/mol. The van der Waals surface area contributed by atoms with Gasteiger partial charge in [-0.3, -0.25) is 19.0 Å². The highest BCUT2D eigenvalue weighted by Gasteiger charge is 2.21. The summed E-state index contributed by atoms with van der Waals surface area (Å²) >= 11 is 1.14. The number of carbonyl (C=O) groups excluding carboxylic acids is 2. The third-order valence-corrected chi connectivity index (χ3v) is 4.49. The van der Waals surface area contributed by atoms with Gasteiger partial charge in [-0.2, -0.15) is 0 Å². The number of thioether (sulfide) groups is 1. The van der Waals surface area contributed by atoms with Crippen molar-refractivity contribution in [1.82, 2.24) is 14.5 Å². The molecule has 2 rings (SSSR count). The van der Waals surface area contributed by atoms with Crippen LogP contribution in [0.15, 0.2) is 34.2 Å². The number of hydrogen-bond acceptors (Lipinski definition) is 6. The molecule has 1 aromatic heterocycles. The monoisotopic (exact) mass is 349 g/mol. The van der Waals surface area contributed by atoms with Crippen molar-refractivity contribution in [2.24, 2.45) is 0 Å². The van der Waals surface area contributed by atoms with Crippen LogP contribution in [0.4, 0.5) is 0 Å². The molecular formula is C16H19N3O4S. The van der Waals surface area contributed by atoms with Gasteiger partial charge in [0.15, 0.2) is 5.16 Å². The normalized spacial score (nSPS) is 12.0. The topological polar surface area (TPSA) is 81.5 Å². The van der Waals surface area contributed by atoms with Crippen LogP contribution in [-0.4, -0.2) is 52.8 Å². The molecule has 7 nitrogen and oxygen atoms in total. The second-order valence-corrected chi connectivity index (χ2v) is 6.68. The Labute approximate surface area is 143 Å². The summed E-state index contributed by atoms with van der Waals surface area (Å²) in [6.45, 7) is 1.48. The molecule has 0 aliphatic heterocycles. The number of methoxy groups -OCH3 is 1. The first kappa shape index (κ1) is 18.0. The summed E-state index contributed by atoms with van der Waals surface area (Å²) in [5.74, 6) is -0.658. The minimum Gasteiger partial charge on any atom is -0.468 e. The van der Waals surface area contributed by atoms with Gasteiger partial charge in [-0.15, -0.1) is 0 Å². The van der Waals surface area contributed by atoms with Gasteiger partial charge in [0.25, 0.3) is 5.56 Å². The van der Waals surface area contributed by atoms with Gasteiger partial charge in [0, 0.05) is 14.1 Å². The molecule has 8 heteroatoms. The molecule has 0 saturated heterocycles. The summed E-state index contributed by atoms with van der Waals surface area (Å²) in [7, 11) is 4.58. The number of para-hydroxylation sites is 1. The quantitative estimate of drug-likeness (QED) is 0.457. The Morgan fingerprint density at radius 3 is 2.62 bits per heavy atom. The maximum Gasteiger partial charge on any atom is 0.325 e. The lowest BCUT2D eigenvalue weighted by Gasteiger charge is -2.18. The number of ether oxygens (including phenoxy) is 1. The van der Waals surface area contributed by atoms with Gasteiger partial charge < -0.3 is 9.64 Å². The van der Waals surface area contributed by atoms with Crippen molar-refractivity contribution in [3.8, 4) is 0 Å². The van der Waals surface area contributed by atoms with Crippen molar-refractivity contribution in [3.63, 3.8) is 0 Å². The lowest BCUT2D eigenvalue weighted by Crippen LogP contribution is -2.32. The number of benzene rings is 1. The molecule has 0 N–H and O–H groups in total. The molecule has 1 atom stereocenters. The molecule has 1 aromatic carbocycles. The van der Waals surface area contributed by atoms with Gasteiger partial charge in [0.05, 0.1) is 23.3 Å². The maximum absolute atomic E-state index is 12.7. The van der Waals surface area contributed by atoms with Gasteiger partial charge in [-0.1, -0.05) is 23.9 Å². The van der Waals surface area contributed by atoms with Crippen LogP contribution in [0.3, 0.4) is 0 Å². The number of esters is 1. The average molecular weight is 349 g/mol. The van der Waals surface area contributed by atoms with Crippen molar-refractivity contribution >= 4 is 34.5 Å². The summed E-state index contributed by atoms with van der Waals surface area (Å²) in [4.78, 5) is 42.4. The van der Waals surface area contributed by atoms with E-state index in [0.29, 0.717) is 16.1 Å². The zero-order valence-corrected chi connectivity index (χ0v) is 14.8. The molecule has 1 amide bonds. The van der Waals surface area contributed by atoms with E-state index in [0.717, 1.165) is 11.8 Å². The molecule has 1 heterocycles. The standard InChI is InChI=1S/C16H19N3O4S/c1-10(14(21)18(2)3)24-16-17-12-8-6-5-7-11(12)15(22)19(16)9-13(20)23-4/h5-8,10H,9H2,1-4H3/t10-/m1/s1. The lowest BCUT2D eigenvalue weighted by molar-refractivity contribution is -0.141. The van der Waals surface area contributed by atoms with E-state index in [2.05, 4.69) is 9.72 Å². The molecule has 128 valence electrons. The molecule has 24 heavy (non-hydrogen) atoms. The summed E-state index contributed by atoms with van der Waals surface area (Å²) in [5.41, 5.74) is 0.189. The number of carbonyl (C=O) groups is 2. The molecule has 0 saturated carbocycles. The van der Waals surface area contributed by atoms with Gasteiger partial charge in [0.1, 0.15) is 6.54 Å². The Balaban J connectivity index is 2.53. The number of amides is 1. The second kappa shape index (κ2) is 7.48. The average Bonchev–Trinajstić information content (AvgIpc) is 2.57. The van der Waals surface area contributed by atoms with E-state index in [-0.39, 0.29) is 18.0 Å². The van der Waals surface area contributed by atoms with Crippen LogP contribution in [0, 0.1) is 0 Å². The molecule has 0 aliphatic carbocycles. The number of hydrogen-bond donors (Lipinski definition) is 0. The molecule has 0 radical (unpaired) electrons. The molecule has 2 aromatic rings. The highest BCUT2D eigenvalue weighted by atomic mass is 32.2. The molecule has 0 spiro atoms. The Bertz CT molecular complexity index is 832. The van der Waals surface area contributed by atoms with E-state index in [9.17, 15) is 14.4 Å². The number of rotatable bonds is 5. The molecule has 0 bridgehead atoms. The number of aromatic nitrogens is 2. The van der Waals surface area contributed by atoms with Gasteiger partial charge in [-0.05, 0) is 19.1 Å². The Morgan fingerprint density at radius 2 is 2.00 bits per heavy atom. The van der Waals surface area contributed by atoms with E-state index in [1.165, 1.54) is 16.6 Å². The van der Waals surface area contributed by atoms with E-state index in [4.69, 9.17) is 0 Å². The van der Waals surface area contributed by atoms with Gasteiger partial charge in [-0.25, -0.2) is 4.98 Å². The van der Waals surface area contributed by atoms with Gasteiger partial charge >= 0.3 is 5.97 Å². The molecular weight excluding hydrogens is 330 g/mol. The van der Waals surface area contributed by atoms with Crippen molar-refractivity contribution in [3.05, 3.63) is 34.6 Å². The van der Waals surface area contributed by atoms with Crippen LogP contribution in [0.2, 0.25) is 0 Å². The zero-order chi connectivity index (χ0) is 17.9. The van der Waals surface area contributed by atoms with Gasteiger partial charge in [0.2, 0.25) is 5.91 Å². The van der Waals surface area contributed by atoms with Crippen LogP contribution in [-0.2, 0) is 20.9 Å². The van der Waals surface area contributed by atoms with Crippen LogP contribution < -0.4 is 5.56 Å². The third-order valence-electron chi connectivity index (χ3n) is 3.41. The Kier molecular flexibility index (Phi) is 5.61. The van der Waals surface area contributed by atoms with E-state index < -0.39 is 11.2 Å². The van der Waals surface area contributed by atoms with E-state index in [1.807, 2.05) is 0 Å². The molecule has 0 fully saturated rings. The van der Waals surface area contributed by atoms with Crippen molar-refractivity contribution < 1.29 is 14.3 Å². The molecule has 0 unspecified atom stereocenters. The summed E-state index contributed by atoms with van der Waals surface area (Å²) < 4.78 is 5.90. The Morgan fingerprint density at radius 1 is 1.33 bits per heavy atom. The Hall–Kier alpha value is -2.35. The fourth-order valence-corrected chi connectivity index (χ4v) is 3.20. The van der Waals surface area contributed by atoms with Crippen molar-refractivity contribution in [2.45, 2.75) is 23.9 Å². The smallest absolute Gasteiger partial charge is 0.325 e. The fourth-order valence-electron chi connectivity index (χ4n) is 2.14. The highest BCUT2D eigenvalue weighted by Crippen LogP contribution is 2.23. The number of fused-ring (bicyclic) bond motifs is 1. The minimum absolute atomic E-state index is 0.105. The van der Waals surface area contributed by atoms with Crippen molar-refractivity contribution in [2.75, 3.05) is 21.2 Å². The lowest BCUT2D eigenvalue weighted by atomic mass is 10.2. The zero-order valence-electron chi connectivity index (χ0n) is 14.0. The van der Waals surface area contributed by atoms with Crippen molar-refractivity contribution in [1.29, 1.82) is 0 Å². The van der Waals surface area contributed by atoms with E-state index >= 15 is 0 Å². The second-order valence-electron chi connectivity index (χ2n) is 5.37. The summed E-state index contributed by atoms with van der Waals surface area (Å²) in [5, 5.41) is 0.279. The van der Waals surface area contributed by atoms with E-state index in [1.54, 1.807) is 45.3 Å². The van der Waals surface area contributed by atoms with Crippen LogP contribution >= 0.6 is 11.8 Å². The number of nitrogens with zero attached hydrogens (tertiary/aromatic N) is 3. The SMILES string of the molecule is COC(=O)Cn1c(S[C@H](C)C(=O)N(C)C)nc2ccccc2c1=O. The predicted octanol–water partition coefficient (Wildman–Crippen LogP) is 1.14. The summed E-state index contributed by atoms with van der Waals surface area (Å²) in [6.07, 6.45) is 0. The fraction of sp³-hybridized carbons (Fsp3) is 0.375. The summed E-state index contributed by atoms with van der Waals surface area (Å²) in [6, 6.07) is 6.89. The first-order valence-corrected chi connectivity index (χ1v) is 8.17. The first-order chi connectivity index (χ1) is 11.3. The highest BCUT2D eigenvalue weighted by molar-refractivity contribution is 8.00. The molecule has 0 aliphatic rings. The van der Waals surface area contributed by atoms with Crippen LogP contribution in [0.5, 0.6) is 0 Å². The van der Waals surface area contributed by atoms with Crippen LogP contribution in [0.25, 0.3) is 10.9 Å². The third kappa shape index (κ3) is 3.76. The minimum atomic E-state index is -0.553. The largest absolute Gasteiger partial charge is 0.468 e. The first-order valence-electron chi connectivity index (χ1n) is 7.29. The maximum atomic E-state index is 12.7. The van der Waals surface area contributed by atoms with Crippen LogP contribution in [0.1, 0.15) is 6.92 Å².